The van der Waals surface area contributed by atoms with Gasteiger partial charge >= 0.3 is 0 Å². The van der Waals surface area contributed by atoms with E-state index in [1.54, 1.807) is 0 Å². The molecule has 0 aromatic rings. The molecular formula is C12H28N6O. The van der Waals surface area contributed by atoms with Gasteiger partial charge in [0.05, 0.1) is 26.3 Å². The maximum Gasteiger partial charge on any atom is 0.0662 e. The summed E-state index contributed by atoms with van der Waals surface area (Å²) in [6, 6.07) is 0.152. The van der Waals surface area contributed by atoms with Gasteiger partial charge in [0.2, 0.25) is 0 Å². The highest BCUT2D eigenvalue weighted by Gasteiger charge is 2.08. The van der Waals surface area contributed by atoms with Gasteiger partial charge in [-0.05, 0) is 13.4 Å². The van der Waals surface area contributed by atoms with E-state index in [4.69, 9.17) is 16.2 Å². The van der Waals surface area contributed by atoms with Gasteiger partial charge in [-0.3, -0.25) is 9.98 Å². The van der Waals surface area contributed by atoms with E-state index in [-0.39, 0.29) is 12.1 Å². The molecule has 0 saturated heterocycles. The molecule has 19 heavy (non-hydrogen) atoms. The van der Waals surface area contributed by atoms with Crippen molar-refractivity contribution >= 4 is 13.4 Å². The van der Waals surface area contributed by atoms with Crippen molar-refractivity contribution in [2.24, 2.45) is 21.5 Å². The number of ether oxygens (including phenoxy) is 1. The minimum absolute atomic E-state index is 0.0358. The molecule has 0 bridgehead atoms. The van der Waals surface area contributed by atoms with Crippen LogP contribution in [0.2, 0.25) is 0 Å². The van der Waals surface area contributed by atoms with Crippen LogP contribution in [0.5, 0.6) is 0 Å². The second kappa shape index (κ2) is 13.6. The minimum atomic E-state index is 0.0358. The van der Waals surface area contributed by atoms with Crippen molar-refractivity contribution in [2.75, 3.05) is 52.5 Å². The van der Waals surface area contributed by atoms with Gasteiger partial charge in [0.15, 0.2) is 0 Å². The second-order valence-corrected chi connectivity index (χ2v) is 4.27. The second-order valence-electron chi connectivity index (χ2n) is 4.27. The Hall–Kier alpha value is -0.860. The quantitative estimate of drug-likeness (QED) is 0.221. The first-order valence-electron chi connectivity index (χ1n) is 6.57. The van der Waals surface area contributed by atoms with Crippen LogP contribution in [0.3, 0.4) is 0 Å². The Morgan fingerprint density at radius 3 is 2.53 bits per heavy atom. The molecule has 2 atom stereocenters. The molecule has 0 aromatic carbocycles. The molecule has 0 saturated carbocycles. The van der Waals surface area contributed by atoms with E-state index in [0.717, 1.165) is 13.1 Å². The van der Waals surface area contributed by atoms with Gasteiger partial charge in [-0.25, -0.2) is 0 Å². The fraction of sp³-hybridized carbons (Fsp3) is 0.833. The van der Waals surface area contributed by atoms with Crippen molar-refractivity contribution in [1.82, 2.24) is 10.6 Å². The van der Waals surface area contributed by atoms with Crippen LogP contribution in [0.1, 0.15) is 0 Å². The van der Waals surface area contributed by atoms with Crippen molar-refractivity contribution in [3.05, 3.63) is 0 Å². The van der Waals surface area contributed by atoms with Crippen LogP contribution in [0, 0.1) is 0 Å². The standard InChI is InChI=1S/C12H28N6O/c1-15-3-4-17-8-11(14)9-18-12(7-13)10-19-6-5-16-2/h11-12,17-18H,1-10,13-14H2. The van der Waals surface area contributed by atoms with Gasteiger partial charge < -0.3 is 26.8 Å². The number of rotatable bonds is 14. The summed E-state index contributed by atoms with van der Waals surface area (Å²) in [6.45, 7) is 12.0. The lowest BCUT2D eigenvalue weighted by atomic mass is 10.2. The van der Waals surface area contributed by atoms with Crippen molar-refractivity contribution in [3.8, 4) is 0 Å². The predicted molar refractivity (Wildman–Crippen MR) is 81.3 cm³/mol. The Morgan fingerprint density at radius 2 is 1.89 bits per heavy atom. The summed E-state index contributed by atoms with van der Waals surface area (Å²) in [5.74, 6) is 0. The molecule has 0 spiro atoms. The van der Waals surface area contributed by atoms with Crippen LogP contribution in [0.15, 0.2) is 9.98 Å². The third-order valence-electron chi connectivity index (χ3n) is 2.52. The number of nitrogens with zero attached hydrogens (tertiary/aromatic N) is 2. The maximum atomic E-state index is 5.96. The van der Waals surface area contributed by atoms with Crippen molar-refractivity contribution in [2.45, 2.75) is 12.1 Å². The zero-order valence-corrected chi connectivity index (χ0v) is 11.7. The van der Waals surface area contributed by atoms with Gasteiger partial charge in [-0.2, -0.15) is 0 Å². The molecule has 0 aromatic heterocycles. The van der Waals surface area contributed by atoms with Crippen molar-refractivity contribution < 1.29 is 4.74 Å². The lowest BCUT2D eigenvalue weighted by Gasteiger charge is -2.20. The van der Waals surface area contributed by atoms with Crippen molar-refractivity contribution in [3.63, 3.8) is 0 Å². The molecule has 112 valence electrons. The normalized spacial score (nSPS) is 14.0. The van der Waals surface area contributed by atoms with Crippen LogP contribution in [-0.2, 0) is 4.74 Å². The Labute approximate surface area is 115 Å². The Bertz CT molecular complexity index is 226. The largest absolute Gasteiger partial charge is 0.378 e. The molecule has 7 nitrogen and oxygen atoms in total. The number of nitrogens with one attached hydrogen (secondary N) is 2. The van der Waals surface area contributed by atoms with Crippen LogP contribution in [0.4, 0.5) is 0 Å². The molecule has 0 aliphatic carbocycles. The van der Waals surface area contributed by atoms with E-state index in [9.17, 15) is 0 Å². The molecule has 0 amide bonds. The number of aliphatic imine (C=N–C) groups is 2. The number of hydrogen-bond donors (Lipinski definition) is 4. The van der Waals surface area contributed by atoms with E-state index in [1.807, 2.05) is 0 Å². The van der Waals surface area contributed by atoms with E-state index in [1.165, 1.54) is 0 Å². The molecule has 0 aliphatic rings. The maximum absolute atomic E-state index is 5.96. The first kappa shape index (κ1) is 18.1. The molecule has 2 unspecified atom stereocenters. The number of nitrogens with two attached hydrogens (primary N) is 2. The van der Waals surface area contributed by atoms with Gasteiger partial charge in [0.25, 0.3) is 0 Å². The van der Waals surface area contributed by atoms with E-state index < -0.39 is 0 Å². The third-order valence-corrected chi connectivity index (χ3v) is 2.52. The monoisotopic (exact) mass is 272 g/mol. The van der Waals surface area contributed by atoms with Crippen LogP contribution in [-0.4, -0.2) is 78.0 Å². The molecule has 0 aliphatic heterocycles. The van der Waals surface area contributed by atoms with Gasteiger partial charge in [0.1, 0.15) is 0 Å². The molecule has 0 rings (SSSR count). The third kappa shape index (κ3) is 11.9. The number of hydrogen-bond acceptors (Lipinski definition) is 7. The molecule has 0 radical (unpaired) electrons. The predicted octanol–water partition coefficient (Wildman–Crippen LogP) is -1.76. The van der Waals surface area contributed by atoms with E-state index >= 15 is 0 Å². The first-order valence-corrected chi connectivity index (χ1v) is 6.57. The van der Waals surface area contributed by atoms with Crippen molar-refractivity contribution in [1.29, 1.82) is 0 Å². The van der Waals surface area contributed by atoms with E-state index in [2.05, 4.69) is 34.1 Å². The summed E-state index contributed by atoms with van der Waals surface area (Å²) in [6.07, 6.45) is 0. The highest BCUT2D eigenvalue weighted by Crippen LogP contribution is 1.86. The van der Waals surface area contributed by atoms with Crippen LogP contribution < -0.4 is 22.1 Å². The summed E-state index contributed by atoms with van der Waals surface area (Å²) in [7, 11) is 0. The summed E-state index contributed by atoms with van der Waals surface area (Å²) in [4.78, 5) is 7.47. The SMILES string of the molecule is C=NCCNCC(N)CNC(CN)COCCN=C. The Kier molecular flexibility index (Phi) is 13.0. The van der Waals surface area contributed by atoms with Crippen LogP contribution >= 0.6 is 0 Å². The van der Waals surface area contributed by atoms with Gasteiger partial charge in [-0.1, -0.05) is 0 Å². The first-order chi connectivity index (χ1) is 9.24. The highest BCUT2D eigenvalue weighted by atomic mass is 16.5. The van der Waals surface area contributed by atoms with Crippen LogP contribution in [0.25, 0.3) is 0 Å². The lowest BCUT2D eigenvalue weighted by molar-refractivity contribution is 0.119. The average molecular weight is 272 g/mol. The minimum Gasteiger partial charge on any atom is -0.378 e. The molecule has 7 heteroatoms. The van der Waals surface area contributed by atoms with Gasteiger partial charge in [-0.15, -0.1) is 0 Å². The Balaban J connectivity index is 3.56. The summed E-state index contributed by atoms with van der Waals surface area (Å²) < 4.78 is 5.42. The summed E-state index contributed by atoms with van der Waals surface area (Å²) in [5, 5.41) is 6.50. The zero-order valence-electron chi connectivity index (χ0n) is 11.7. The molecule has 6 N–H and O–H groups in total. The topological polar surface area (TPSA) is 110 Å². The summed E-state index contributed by atoms with van der Waals surface area (Å²) in [5.41, 5.74) is 11.6. The average Bonchev–Trinajstić information content (AvgIpc) is 2.43. The molecule has 0 fully saturated rings. The summed E-state index contributed by atoms with van der Waals surface area (Å²) >= 11 is 0. The fourth-order valence-corrected chi connectivity index (χ4v) is 1.40. The fourth-order valence-electron chi connectivity index (χ4n) is 1.40. The highest BCUT2D eigenvalue weighted by molar-refractivity contribution is 5.23. The van der Waals surface area contributed by atoms with Gasteiger partial charge in [0, 0.05) is 38.3 Å². The smallest absolute Gasteiger partial charge is 0.0662 e. The lowest BCUT2D eigenvalue weighted by Crippen LogP contribution is -2.48. The molecule has 0 heterocycles. The van der Waals surface area contributed by atoms with E-state index in [0.29, 0.717) is 39.4 Å². The Morgan fingerprint density at radius 1 is 1.16 bits per heavy atom. The molecular weight excluding hydrogens is 244 g/mol. The zero-order chi connectivity index (χ0) is 14.3.